The predicted octanol–water partition coefficient (Wildman–Crippen LogP) is 1.75. The lowest BCUT2D eigenvalue weighted by atomic mass is 10.0. The lowest BCUT2D eigenvalue weighted by molar-refractivity contribution is -0.142. The number of amides is 4. The molecule has 1 fully saturated rings. The molecule has 13 nitrogen and oxygen atoms in total. The maximum Gasteiger partial charge on any atom is 0.302 e. The first-order valence-electron chi connectivity index (χ1n) is 15.8. The van der Waals surface area contributed by atoms with E-state index in [4.69, 9.17) is 14.2 Å². The Balaban J connectivity index is 1.53. The molecular formula is C32H51N5O8. The molecule has 0 bridgehead atoms. The quantitative estimate of drug-likeness (QED) is 0.124. The van der Waals surface area contributed by atoms with Crippen LogP contribution in [-0.2, 0) is 44.8 Å². The van der Waals surface area contributed by atoms with Crippen molar-refractivity contribution in [3.63, 3.8) is 0 Å². The van der Waals surface area contributed by atoms with E-state index in [0.717, 1.165) is 44.5 Å². The van der Waals surface area contributed by atoms with E-state index in [1.165, 1.54) is 6.92 Å². The number of piperidine rings is 1. The first kappa shape index (κ1) is 37.6. The highest BCUT2D eigenvalue weighted by molar-refractivity contribution is 5.96. The molecule has 1 unspecified atom stereocenters. The molecule has 2 rings (SSSR count). The van der Waals surface area contributed by atoms with Gasteiger partial charge >= 0.3 is 5.97 Å². The van der Waals surface area contributed by atoms with Gasteiger partial charge in [-0.15, -0.1) is 0 Å². The average Bonchev–Trinajstić information content (AvgIpc) is 3.01. The maximum absolute atomic E-state index is 12.7. The number of ether oxygens (including phenoxy) is 3. The zero-order chi connectivity index (χ0) is 33.0. The van der Waals surface area contributed by atoms with Crippen molar-refractivity contribution in [3.8, 4) is 0 Å². The van der Waals surface area contributed by atoms with E-state index in [1.807, 2.05) is 25.7 Å². The third kappa shape index (κ3) is 15.8. The SMILES string of the molecule is CCCC(=O)N1CCC(NCCOCCOCCC(=O)NC(C(=O)NCC(=O)Nc2ccc(COC(C)=O)cc2)C(C)C)CC1. The molecule has 0 spiro atoms. The molecule has 1 aliphatic heterocycles. The van der Waals surface area contributed by atoms with Crippen molar-refractivity contribution in [3.05, 3.63) is 29.8 Å². The number of hydrogen-bond donors (Lipinski definition) is 4. The summed E-state index contributed by atoms with van der Waals surface area (Å²) in [6.45, 7) is 10.7. The summed E-state index contributed by atoms with van der Waals surface area (Å²) in [6.07, 6.45) is 3.49. The van der Waals surface area contributed by atoms with Gasteiger partial charge in [-0.3, -0.25) is 24.0 Å². The molecule has 1 aliphatic rings. The molecule has 0 aliphatic carbocycles. The van der Waals surface area contributed by atoms with Gasteiger partial charge in [0.15, 0.2) is 0 Å². The van der Waals surface area contributed by atoms with Crippen LogP contribution in [0.25, 0.3) is 0 Å². The number of nitrogens with zero attached hydrogens (tertiary/aromatic N) is 1. The molecule has 252 valence electrons. The Hall–Kier alpha value is -3.55. The van der Waals surface area contributed by atoms with Gasteiger partial charge in [0, 0.05) is 51.1 Å². The van der Waals surface area contributed by atoms with Crippen LogP contribution >= 0.6 is 0 Å². The van der Waals surface area contributed by atoms with Gasteiger partial charge in [0.2, 0.25) is 23.6 Å². The summed E-state index contributed by atoms with van der Waals surface area (Å²) in [7, 11) is 0. The molecule has 1 heterocycles. The molecule has 13 heteroatoms. The van der Waals surface area contributed by atoms with Crippen LogP contribution in [0, 0.1) is 5.92 Å². The number of esters is 1. The van der Waals surface area contributed by atoms with Crippen molar-refractivity contribution < 1.29 is 38.2 Å². The van der Waals surface area contributed by atoms with E-state index in [9.17, 15) is 24.0 Å². The number of benzene rings is 1. The number of likely N-dealkylation sites (tertiary alicyclic amines) is 1. The van der Waals surface area contributed by atoms with E-state index in [0.29, 0.717) is 38.0 Å². The van der Waals surface area contributed by atoms with Gasteiger partial charge in [0.25, 0.3) is 0 Å². The molecule has 0 saturated carbocycles. The fraction of sp³-hybridized carbons (Fsp3) is 0.656. The Labute approximate surface area is 266 Å². The first-order valence-corrected chi connectivity index (χ1v) is 15.8. The highest BCUT2D eigenvalue weighted by atomic mass is 16.5. The van der Waals surface area contributed by atoms with Crippen molar-refractivity contribution in [1.82, 2.24) is 20.9 Å². The Kier molecular flexibility index (Phi) is 17.8. The first-order chi connectivity index (χ1) is 21.6. The predicted molar refractivity (Wildman–Crippen MR) is 169 cm³/mol. The Bertz CT molecular complexity index is 1070. The van der Waals surface area contributed by atoms with Crippen molar-refractivity contribution in [2.24, 2.45) is 5.92 Å². The molecule has 1 aromatic carbocycles. The second kappa shape index (κ2) is 21.2. The largest absolute Gasteiger partial charge is 0.461 e. The van der Waals surface area contributed by atoms with Crippen LogP contribution < -0.4 is 21.3 Å². The normalized spacial score (nSPS) is 14.1. The minimum absolute atomic E-state index is 0.0887. The van der Waals surface area contributed by atoms with Crippen LogP contribution in [0.4, 0.5) is 5.69 Å². The van der Waals surface area contributed by atoms with Crippen molar-refractivity contribution in [2.45, 2.75) is 78.5 Å². The van der Waals surface area contributed by atoms with Crippen LogP contribution in [0.2, 0.25) is 0 Å². The lowest BCUT2D eigenvalue weighted by Crippen LogP contribution is -2.51. The van der Waals surface area contributed by atoms with E-state index < -0.39 is 17.9 Å². The number of anilines is 1. The minimum atomic E-state index is -0.800. The number of nitrogens with one attached hydrogen (secondary N) is 4. The Morgan fingerprint density at radius 3 is 2.20 bits per heavy atom. The van der Waals surface area contributed by atoms with Gasteiger partial charge < -0.3 is 40.4 Å². The van der Waals surface area contributed by atoms with Gasteiger partial charge in [-0.1, -0.05) is 32.9 Å². The summed E-state index contributed by atoms with van der Waals surface area (Å²) < 4.78 is 16.0. The number of hydrogen-bond acceptors (Lipinski definition) is 9. The number of rotatable bonds is 20. The monoisotopic (exact) mass is 633 g/mol. The number of carbonyl (C=O) groups excluding carboxylic acids is 5. The van der Waals surface area contributed by atoms with Gasteiger partial charge in [0.05, 0.1) is 33.0 Å². The van der Waals surface area contributed by atoms with Crippen molar-refractivity contribution in [2.75, 3.05) is 57.9 Å². The lowest BCUT2D eigenvalue weighted by Gasteiger charge is -2.32. The van der Waals surface area contributed by atoms with Crippen LogP contribution in [-0.4, -0.2) is 99.2 Å². The highest BCUT2D eigenvalue weighted by Gasteiger charge is 2.24. The summed E-state index contributed by atoms with van der Waals surface area (Å²) in [5, 5.41) is 11.5. The third-order valence-electron chi connectivity index (χ3n) is 7.21. The summed E-state index contributed by atoms with van der Waals surface area (Å²) in [6, 6.07) is 6.39. The summed E-state index contributed by atoms with van der Waals surface area (Å²) in [5.74, 6) is -1.52. The fourth-order valence-corrected chi connectivity index (χ4v) is 4.66. The molecule has 4 amide bonds. The zero-order valence-corrected chi connectivity index (χ0v) is 27.2. The van der Waals surface area contributed by atoms with Gasteiger partial charge in [-0.2, -0.15) is 0 Å². The Morgan fingerprint density at radius 1 is 0.911 bits per heavy atom. The van der Waals surface area contributed by atoms with Gasteiger partial charge in [-0.05, 0) is 42.9 Å². The molecule has 4 N–H and O–H groups in total. The zero-order valence-electron chi connectivity index (χ0n) is 27.2. The van der Waals surface area contributed by atoms with Crippen LogP contribution in [0.3, 0.4) is 0 Å². The highest BCUT2D eigenvalue weighted by Crippen LogP contribution is 2.12. The molecule has 0 aromatic heterocycles. The summed E-state index contributed by atoms with van der Waals surface area (Å²) >= 11 is 0. The standard InChI is InChI=1S/C32H51N5O8/c1-5-6-30(41)37-15-11-26(12-16-37)33-14-18-44-20-19-43-17-13-28(39)36-31(23(2)3)32(42)34-21-29(40)35-27-9-7-25(8-10-27)22-45-24(4)38/h7-10,23,26,31,33H,5-6,11-22H2,1-4H3,(H,34,42)(H,35,40)(H,36,39). The Morgan fingerprint density at radius 2 is 1.58 bits per heavy atom. The number of carbonyl (C=O) groups is 5. The van der Waals surface area contributed by atoms with E-state index in [1.54, 1.807) is 24.3 Å². The van der Waals surface area contributed by atoms with Crippen molar-refractivity contribution >= 4 is 35.3 Å². The van der Waals surface area contributed by atoms with Gasteiger partial charge in [-0.25, -0.2) is 0 Å². The van der Waals surface area contributed by atoms with E-state index >= 15 is 0 Å². The minimum Gasteiger partial charge on any atom is -0.461 e. The van der Waals surface area contributed by atoms with Gasteiger partial charge in [0.1, 0.15) is 12.6 Å². The average molecular weight is 634 g/mol. The van der Waals surface area contributed by atoms with Crippen LogP contribution in [0.5, 0.6) is 0 Å². The second-order valence-electron chi connectivity index (χ2n) is 11.4. The molecule has 0 radical (unpaired) electrons. The van der Waals surface area contributed by atoms with Crippen LogP contribution in [0.1, 0.15) is 65.4 Å². The third-order valence-corrected chi connectivity index (χ3v) is 7.21. The van der Waals surface area contributed by atoms with Crippen molar-refractivity contribution in [1.29, 1.82) is 0 Å². The topological polar surface area (TPSA) is 164 Å². The molecule has 1 aromatic rings. The molecule has 1 atom stereocenters. The summed E-state index contributed by atoms with van der Waals surface area (Å²) in [4.78, 5) is 62.3. The van der Waals surface area contributed by atoms with E-state index in [2.05, 4.69) is 21.3 Å². The fourth-order valence-electron chi connectivity index (χ4n) is 4.66. The molecular weight excluding hydrogens is 582 g/mol. The smallest absolute Gasteiger partial charge is 0.302 e. The maximum atomic E-state index is 12.7. The molecule has 1 saturated heterocycles. The van der Waals surface area contributed by atoms with Crippen LogP contribution in [0.15, 0.2) is 24.3 Å². The van der Waals surface area contributed by atoms with E-state index in [-0.39, 0.29) is 49.9 Å². The second-order valence-corrected chi connectivity index (χ2v) is 11.4. The summed E-state index contributed by atoms with van der Waals surface area (Å²) in [5.41, 5.74) is 1.31. The molecule has 45 heavy (non-hydrogen) atoms.